The van der Waals surface area contributed by atoms with Gasteiger partial charge in [-0.2, -0.15) is 0 Å². The summed E-state index contributed by atoms with van der Waals surface area (Å²) in [5.41, 5.74) is 1.08. The topological polar surface area (TPSA) is 72.9 Å². The van der Waals surface area contributed by atoms with Gasteiger partial charge in [0.05, 0.1) is 0 Å². The molecule has 1 amide bonds. The van der Waals surface area contributed by atoms with Crippen LogP contribution in [0.25, 0.3) is 0 Å². The average molecular weight is 353 g/mol. The Morgan fingerprint density at radius 1 is 0.846 bits per heavy atom. The number of ether oxygens (including phenoxy) is 1. The molecule has 136 valence electrons. The number of carboxylic acid groups (broad SMARTS) is 1. The van der Waals surface area contributed by atoms with Gasteiger partial charge in [-0.15, -0.1) is 0 Å². The normalized spacial score (nSPS) is 14.2. The van der Waals surface area contributed by atoms with E-state index in [0.29, 0.717) is 13.1 Å². The second-order valence-corrected chi connectivity index (χ2v) is 6.15. The molecule has 1 saturated heterocycles. The molecule has 0 unspecified atom stereocenters. The summed E-state index contributed by atoms with van der Waals surface area (Å²) in [6.45, 7) is 2.62. The zero-order chi connectivity index (χ0) is 18.4. The van der Waals surface area contributed by atoms with E-state index in [1.807, 2.05) is 54.6 Å². The number of nitrogens with zero attached hydrogens (tertiary/aromatic N) is 2. The molecule has 0 saturated carbocycles. The molecule has 1 heterocycles. The number of rotatable bonds is 6. The van der Waals surface area contributed by atoms with Gasteiger partial charge in [-0.3, -0.25) is 4.79 Å². The number of anilines is 1. The van der Waals surface area contributed by atoms with Crippen LogP contribution in [0.4, 0.5) is 5.69 Å². The Bertz CT molecular complexity index is 738. The van der Waals surface area contributed by atoms with Gasteiger partial charge in [-0.05, 0) is 42.8 Å². The predicted molar refractivity (Wildman–Crippen MR) is 96.0 cm³/mol. The first-order valence-electron chi connectivity index (χ1n) is 8.67. The van der Waals surface area contributed by atoms with Gasteiger partial charge in [0.2, 0.25) is 5.91 Å². The van der Waals surface area contributed by atoms with E-state index >= 15 is 0 Å². The van der Waals surface area contributed by atoms with Gasteiger partial charge in [-0.25, -0.2) is 0 Å². The molecule has 0 atom stereocenters. The molecule has 1 aliphatic rings. The van der Waals surface area contributed by atoms with Crippen LogP contribution < -0.4 is 14.7 Å². The highest BCUT2D eigenvalue weighted by Crippen LogP contribution is 2.25. The van der Waals surface area contributed by atoms with Crippen LogP contribution in [0.2, 0.25) is 0 Å². The second-order valence-electron chi connectivity index (χ2n) is 6.15. The predicted octanol–water partition coefficient (Wildman–Crippen LogP) is 1.66. The van der Waals surface area contributed by atoms with Crippen molar-refractivity contribution in [3.63, 3.8) is 0 Å². The standard InChI is InChI=1S/C20H22N2O4/c23-19(10-11-20(24)25)22-14-12-21(13-15-22)16-6-8-18(9-7-16)26-17-4-2-1-3-5-17/h1-9H,10-15H2,(H,24,25)/p-1. The Morgan fingerprint density at radius 3 is 2.08 bits per heavy atom. The van der Waals surface area contributed by atoms with E-state index in [4.69, 9.17) is 4.74 Å². The molecule has 2 aromatic rings. The van der Waals surface area contributed by atoms with E-state index in [2.05, 4.69) is 4.90 Å². The molecule has 1 aliphatic heterocycles. The summed E-state index contributed by atoms with van der Waals surface area (Å²) >= 11 is 0. The highest BCUT2D eigenvalue weighted by molar-refractivity contribution is 5.80. The number of hydrogen-bond acceptors (Lipinski definition) is 5. The van der Waals surface area contributed by atoms with Crippen LogP contribution in [0.1, 0.15) is 12.8 Å². The maximum absolute atomic E-state index is 12.0. The first-order chi connectivity index (χ1) is 12.6. The first-order valence-corrected chi connectivity index (χ1v) is 8.67. The van der Waals surface area contributed by atoms with Crippen LogP contribution in [0.15, 0.2) is 54.6 Å². The number of carbonyl (C=O) groups is 2. The molecule has 6 heteroatoms. The summed E-state index contributed by atoms with van der Waals surface area (Å²) in [6, 6.07) is 17.5. The molecule has 0 aromatic heterocycles. The summed E-state index contributed by atoms with van der Waals surface area (Å²) in [4.78, 5) is 26.3. The summed E-state index contributed by atoms with van der Waals surface area (Å²) in [6.07, 6.45) is -0.213. The smallest absolute Gasteiger partial charge is 0.223 e. The van der Waals surface area contributed by atoms with Crippen molar-refractivity contribution in [1.29, 1.82) is 0 Å². The molecule has 0 bridgehead atoms. The van der Waals surface area contributed by atoms with E-state index in [0.717, 1.165) is 30.3 Å². The van der Waals surface area contributed by atoms with Crippen LogP contribution in [-0.2, 0) is 9.59 Å². The molecule has 0 aliphatic carbocycles. The molecule has 3 rings (SSSR count). The zero-order valence-electron chi connectivity index (χ0n) is 14.5. The van der Waals surface area contributed by atoms with Crippen molar-refractivity contribution in [1.82, 2.24) is 4.90 Å². The van der Waals surface area contributed by atoms with Gasteiger partial charge in [0.25, 0.3) is 0 Å². The summed E-state index contributed by atoms with van der Waals surface area (Å²) < 4.78 is 5.79. The minimum absolute atomic E-state index is 0.00779. The third kappa shape index (κ3) is 4.75. The van der Waals surface area contributed by atoms with Crippen LogP contribution in [-0.4, -0.2) is 43.0 Å². The zero-order valence-corrected chi connectivity index (χ0v) is 14.5. The lowest BCUT2D eigenvalue weighted by atomic mass is 10.2. The largest absolute Gasteiger partial charge is 0.550 e. The maximum Gasteiger partial charge on any atom is 0.223 e. The molecule has 0 spiro atoms. The SMILES string of the molecule is O=C([O-])CCC(=O)N1CCN(c2ccc(Oc3ccccc3)cc2)CC1. The van der Waals surface area contributed by atoms with Gasteiger partial charge in [-0.1, -0.05) is 18.2 Å². The monoisotopic (exact) mass is 353 g/mol. The van der Waals surface area contributed by atoms with E-state index in [-0.39, 0.29) is 18.7 Å². The molecule has 0 N–H and O–H groups in total. The quantitative estimate of drug-likeness (QED) is 0.790. The first kappa shape index (κ1) is 17.8. The number of benzene rings is 2. The highest BCUT2D eigenvalue weighted by atomic mass is 16.5. The molecule has 6 nitrogen and oxygen atoms in total. The number of aliphatic carboxylic acids is 1. The number of para-hydroxylation sites is 1. The summed E-state index contributed by atoms with van der Waals surface area (Å²) in [5.74, 6) is 0.259. The van der Waals surface area contributed by atoms with E-state index in [9.17, 15) is 14.7 Å². The lowest BCUT2D eigenvalue weighted by Gasteiger charge is -2.36. The summed E-state index contributed by atoms with van der Waals surface area (Å²) in [5, 5.41) is 10.5. The van der Waals surface area contributed by atoms with Gasteiger partial charge in [0, 0.05) is 44.3 Å². The highest BCUT2D eigenvalue weighted by Gasteiger charge is 2.21. The maximum atomic E-state index is 12.0. The Balaban J connectivity index is 1.51. The van der Waals surface area contributed by atoms with Crippen molar-refractivity contribution >= 4 is 17.6 Å². The van der Waals surface area contributed by atoms with Gasteiger partial charge in [0.1, 0.15) is 11.5 Å². The lowest BCUT2D eigenvalue weighted by molar-refractivity contribution is -0.305. The van der Waals surface area contributed by atoms with Crippen LogP contribution in [0.5, 0.6) is 11.5 Å². The van der Waals surface area contributed by atoms with E-state index < -0.39 is 5.97 Å². The average Bonchev–Trinajstić information content (AvgIpc) is 2.68. The Labute approximate surface area is 152 Å². The molecule has 26 heavy (non-hydrogen) atoms. The Kier molecular flexibility index (Phi) is 5.73. The van der Waals surface area contributed by atoms with Crippen molar-refractivity contribution in [3.8, 4) is 11.5 Å². The number of carboxylic acids is 1. The third-order valence-electron chi connectivity index (χ3n) is 4.36. The molecular formula is C20H21N2O4-. The van der Waals surface area contributed by atoms with Crippen molar-refractivity contribution in [2.75, 3.05) is 31.1 Å². The van der Waals surface area contributed by atoms with Crippen LogP contribution in [0.3, 0.4) is 0 Å². The minimum Gasteiger partial charge on any atom is -0.550 e. The fraction of sp³-hybridized carbons (Fsp3) is 0.300. The van der Waals surface area contributed by atoms with Crippen molar-refractivity contribution in [2.24, 2.45) is 0 Å². The van der Waals surface area contributed by atoms with Crippen molar-refractivity contribution in [2.45, 2.75) is 12.8 Å². The third-order valence-corrected chi connectivity index (χ3v) is 4.36. The summed E-state index contributed by atoms with van der Waals surface area (Å²) in [7, 11) is 0. The molecular weight excluding hydrogens is 332 g/mol. The van der Waals surface area contributed by atoms with Gasteiger partial charge in [0.15, 0.2) is 0 Å². The van der Waals surface area contributed by atoms with Gasteiger partial charge < -0.3 is 24.4 Å². The number of amides is 1. The van der Waals surface area contributed by atoms with Gasteiger partial charge >= 0.3 is 0 Å². The number of piperazine rings is 1. The van der Waals surface area contributed by atoms with Crippen LogP contribution >= 0.6 is 0 Å². The molecule has 0 radical (unpaired) electrons. The number of carbonyl (C=O) groups excluding carboxylic acids is 2. The van der Waals surface area contributed by atoms with Crippen molar-refractivity contribution in [3.05, 3.63) is 54.6 Å². The Morgan fingerprint density at radius 2 is 1.46 bits per heavy atom. The van der Waals surface area contributed by atoms with Crippen LogP contribution in [0, 0.1) is 0 Å². The van der Waals surface area contributed by atoms with Crippen molar-refractivity contribution < 1.29 is 19.4 Å². The minimum atomic E-state index is -1.19. The number of hydrogen-bond donors (Lipinski definition) is 0. The fourth-order valence-electron chi connectivity index (χ4n) is 2.93. The second kappa shape index (κ2) is 8.38. The lowest BCUT2D eigenvalue weighted by Crippen LogP contribution is -2.49. The molecule has 1 fully saturated rings. The van der Waals surface area contributed by atoms with E-state index in [1.165, 1.54) is 0 Å². The van der Waals surface area contributed by atoms with E-state index in [1.54, 1.807) is 4.90 Å². The molecule has 2 aromatic carbocycles. The Hall–Kier alpha value is -3.02. The fourth-order valence-corrected chi connectivity index (χ4v) is 2.93.